The molecule has 0 heterocycles. The smallest absolute Gasteiger partial charge is 0.236 e. The number of amides is 1. The quantitative estimate of drug-likeness (QED) is 0.645. The summed E-state index contributed by atoms with van der Waals surface area (Å²) in [5, 5.41) is 12.1. The summed E-state index contributed by atoms with van der Waals surface area (Å²) in [7, 11) is 0. The molecular weight excluding hydrogens is 204 g/mol. The molecule has 1 aliphatic rings. The maximum Gasteiger partial charge on any atom is 0.236 e. The molecule has 1 aromatic rings. The van der Waals surface area contributed by atoms with Gasteiger partial charge in [-0.25, -0.2) is 0 Å². The number of nitrogens with one attached hydrogen (secondary N) is 1. The van der Waals surface area contributed by atoms with Crippen LogP contribution in [0.3, 0.4) is 0 Å². The minimum absolute atomic E-state index is 0.196. The highest BCUT2D eigenvalue weighted by Gasteiger charge is 2.24. The fraction of sp³-hybridized carbons (Fsp3) is 0.417. The van der Waals surface area contributed by atoms with Gasteiger partial charge in [-0.2, -0.15) is 0 Å². The number of carbonyl (C=O) groups is 1. The molecule has 1 atom stereocenters. The Kier molecular flexibility index (Phi) is 3.22. The highest BCUT2D eigenvalue weighted by atomic mass is 16.3. The molecular formula is C12H16N2O2. The highest BCUT2D eigenvalue weighted by Crippen LogP contribution is 2.21. The van der Waals surface area contributed by atoms with Crippen LogP contribution >= 0.6 is 0 Å². The van der Waals surface area contributed by atoms with Crippen molar-refractivity contribution in [3.63, 3.8) is 0 Å². The summed E-state index contributed by atoms with van der Waals surface area (Å²) in [6.45, 7) is -0.248. The van der Waals surface area contributed by atoms with Crippen molar-refractivity contribution in [2.45, 2.75) is 24.9 Å². The zero-order valence-electron chi connectivity index (χ0n) is 9.02. The second-order valence-electron chi connectivity index (χ2n) is 4.18. The minimum atomic E-state index is -0.640. The molecule has 0 radical (unpaired) electrons. The van der Waals surface area contributed by atoms with Crippen LogP contribution in [0.1, 0.15) is 11.1 Å². The lowest BCUT2D eigenvalue weighted by Gasteiger charge is -2.17. The molecule has 2 rings (SSSR count). The first-order valence-corrected chi connectivity index (χ1v) is 5.43. The number of fused-ring (bicyclic) bond motifs is 1. The SMILES string of the molecule is NC(=O)C(CO)NC1Cc2ccccc2C1. The Balaban J connectivity index is 1.99. The Morgan fingerprint density at radius 1 is 1.44 bits per heavy atom. The first-order valence-electron chi connectivity index (χ1n) is 5.43. The third-order valence-corrected chi connectivity index (χ3v) is 3.01. The van der Waals surface area contributed by atoms with E-state index in [0.717, 1.165) is 12.8 Å². The van der Waals surface area contributed by atoms with Gasteiger partial charge in [-0.3, -0.25) is 4.79 Å². The lowest BCUT2D eigenvalue weighted by Crippen LogP contribution is -2.49. The number of rotatable bonds is 4. The molecule has 1 unspecified atom stereocenters. The molecule has 1 amide bonds. The van der Waals surface area contributed by atoms with E-state index in [9.17, 15) is 4.79 Å². The van der Waals surface area contributed by atoms with E-state index in [1.807, 2.05) is 12.1 Å². The van der Waals surface area contributed by atoms with Gasteiger partial charge in [-0.1, -0.05) is 24.3 Å². The van der Waals surface area contributed by atoms with Gasteiger partial charge >= 0.3 is 0 Å². The van der Waals surface area contributed by atoms with E-state index < -0.39 is 11.9 Å². The molecule has 0 spiro atoms. The van der Waals surface area contributed by atoms with Gasteiger partial charge in [0, 0.05) is 6.04 Å². The molecule has 0 aliphatic heterocycles. The van der Waals surface area contributed by atoms with Crippen LogP contribution < -0.4 is 11.1 Å². The second-order valence-corrected chi connectivity index (χ2v) is 4.18. The van der Waals surface area contributed by atoms with Gasteiger partial charge in [-0.15, -0.1) is 0 Å². The Bertz CT molecular complexity index is 367. The van der Waals surface area contributed by atoms with Crippen LogP contribution in [-0.4, -0.2) is 29.7 Å². The molecule has 0 bridgehead atoms. The van der Waals surface area contributed by atoms with Crippen molar-refractivity contribution in [3.8, 4) is 0 Å². The molecule has 16 heavy (non-hydrogen) atoms. The number of aliphatic hydroxyl groups is 1. The molecule has 1 aliphatic carbocycles. The van der Waals surface area contributed by atoms with Crippen molar-refractivity contribution < 1.29 is 9.90 Å². The Morgan fingerprint density at radius 3 is 2.44 bits per heavy atom. The monoisotopic (exact) mass is 220 g/mol. The van der Waals surface area contributed by atoms with Gasteiger partial charge in [0.15, 0.2) is 0 Å². The van der Waals surface area contributed by atoms with Crippen molar-refractivity contribution >= 4 is 5.91 Å². The van der Waals surface area contributed by atoms with Crippen molar-refractivity contribution in [1.82, 2.24) is 5.32 Å². The minimum Gasteiger partial charge on any atom is -0.394 e. The van der Waals surface area contributed by atoms with E-state index in [-0.39, 0.29) is 12.6 Å². The van der Waals surface area contributed by atoms with Gasteiger partial charge in [0.05, 0.1) is 6.61 Å². The first-order chi connectivity index (χ1) is 7.70. The van der Waals surface area contributed by atoms with Crippen LogP contribution in [0.5, 0.6) is 0 Å². The third kappa shape index (κ3) is 2.23. The Hall–Kier alpha value is -1.39. The average Bonchev–Trinajstić information content (AvgIpc) is 2.67. The number of hydrogen-bond acceptors (Lipinski definition) is 3. The molecule has 0 saturated heterocycles. The number of hydrogen-bond donors (Lipinski definition) is 3. The van der Waals surface area contributed by atoms with Crippen molar-refractivity contribution in [2.24, 2.45) is 5.73 Å². The predicted octanol–water partition coefficient (Wildman–Crippen LogP) is -0.410. The lowest BCUT2D eigenvalue weighted by molar-refractivity contribution is -0.121. The van der Waals surface area contributed by atoms with Crippen molar-refractivity contribution in [1.29, 1.82) is 0 Å². The molecule has 0 fully saturated rings. The van der Waals surface area contributed by atoms with E-state index in [2.05, 4.69) is 17.4 Å². The lowest BCUT2D eigenvalue weighted by atomic mass is 10.1. The number of aliphatic hydroxyl groups excluding tert-OH is 1. The van der Waals surface area contributed by atoms with Crippen molar-refractivity contribution in [2.75, 3.05) is 6.61 Å². The summed E-state index contributed by atoms with van der Waals surface area (Å²) in [5.74, 6) is -0.501. The topological polar surface area (TPSA) is 75.4 Å². The highest BCUT2D eigenvalue weighted by molar-refractivity contribution is 5.80. The fourth-order valence-electron chi connectivity index (χ4n) is 2.19. The van der Waals surface area contributed by atoms with Crippen LogP contribution in [-0.2, 0) is 17.6 Å². The zero-order valence-corrected chi connectivity index (χ0v) is 9.02. The fourth-order valence-corrected chi connectivity index (χ4v) is 2.19. The number of benzene rings is 1. The summed E-state index contributed by atoms with van der Waals surface area (Å²) in [6.07, 6.45) is 1.78. The van der Waals surface area contributed by atoms with Gasteiger partial charge in [0.1, 0.15) is 6.04 Å². The maximum absolute atomic E-state index is 11.0. The summed E-state index contributed by atoms with van der Waals surface area (Å²) in [4.78, 5) is 11.0. The van der Waals surface area contributed by atoms with E-state index in [0.29, 0.717) is 0 Å². The van der Waals surface area contributed by atoms with E-state index in [1.54, 1.807) is 0 Å². The normalized spacial score (nSPS) is 17.1. The first kappa shape index (κ1) is 11.1. The summed E-state index contributed by atoms with van der Waals surface area (Å²) in [6, 6.07) is 7.77. The second kappa shape index (κ2) is 4.63. The van der Waals surface area contributed by atoms with Gasteiger partial charge in [0.25, 0.3) is 0 Å². The van der Waals surface area contributed by atoms with E-state index >= 15 is 0 Å². The van der Waals surface area contributed by atoms with Crippen molar-refractivity contribution in [3.05, 3.63) is 35.4 Å². The van der Waals surface area contributed by atoms with Gasteiger partial charge in [-0.05, 0) is 24.0 Å². The summed E-state index contributed by atoms with van der Waals surface area (Å²) in [5.41, 5.74) is 7.78. The molecule has 4 N–H and O–H groups in total. The summed E-state index contributed by atoms with van der Waals surface area (Å²) >= 11 is 0. The van der Waals surface area contributed by atoms with Crippen LogP contribution in [0.4, 0.5) is 0 Å². The predicted molar refractivity (Wildman–Crippen MR) is 60.8 cm³/mol. The third-order valence-electron chi connectivity index (χ3n) is 3.01. The van der Waals surface area contributed by atoms with Gasteiger partial charge in [0.2, 0.25) is 5.91 Å². The maximum atomic E-state index is 11.0. The number of carbonyl (C=O) groups excluding carboxylic acids is 1. The standard InChI is InChI=1S/C12H16N2O2/c13-12(16)11(7-15)14-10-5-8-3-1-2-4-9(8)6-10/h1-4,10-11,14-15H,5-7H2,(H2,13,16). The average molecular weight is 220 g/mol. The molecule has 86 valence electrons. The van der Waals surface area contributed by atoms with Crippen LogP contribution in [0.15, 0.2) is 24.3 Å². The van der Waals surface area contributed by atoms with Crippen LogP contribution in [0, 0.1) is 0 Å². The molecule has 4 heteroatoms. The van der Waals surface area contributed by atoms with E-state index in [4.69, 9.17) is 10.8 Å². The largest absolute Gasteiger partial charge is 0.394 e. The van der Waals surface area contributed by atoms with Gasteiger partial charge < -0.3 is 16.2 Å². The van der Waals surface area contributed by atoms with E-state index in [1.165, 1.54) is 11.1 Å². The van der Waals surface area contributed by atoms with Crippen LogP contribution in [0.25, 0.3) is 0 Å². The molecule has 0 saturated carbocycles. The number of primary amides is 1. The summed E-state index contributed by atoms with van der Waals surface area (Å²) < 4.78 is 0. The molecule has 0 aromatic heterocycles. The zero-order chi connectivity index (χ0) is 11.5. The van der Waals surface area contributed by atoms with Crippen LogP contribution in [0.2, 0.25) is 0 Å². The Morgan fingerprint density at radius 2 is 2.00 bits per heavy atom. The molecule has 4 nitrogen and oxygen atoms in total. The molecule has 1 aromatic carbocycles. The number of nitrogens with two attached hydrogens (primary N) is 1. The Labute approximate surface area is 94.5 Å².